The van der Waals surface area contributed by atoms with Crippen LogP contribution in [-0.2, 0) is 11.2 Å². The number of nitrogens with two attached hydrogens (primary N) is 1. The van der Waals surface area contributed by atoms with Crippen LogP contribution in [0, 0.1) is 0 Å². The van der Waals surface area contributed by atoms with E-state index in [1.165, 1.54) is 11.3 Å². The second-order valence-electron chi connectivity index (χ2n) is 5.87. The summed E-state index contributed by atoms with van der Waals surface area (Å²) in [6, 6.07) is 0. The van der Waals surface area contributed by atoms with E-state index in [9.17, 15) is 0 Å². The molecule has 0 saturated carbocycles. The molecule has 0 atom stereocenters. The third-order valence-electron chi connectivity index (χ3n) is 3.78. The summed E-state index contributed by atoms with van der Waals surface area (Å²) in [6.45, 7) is 10.4. The van der Waals surface area contributed by atoms with Crippen LogP contribution < -0.4 is 11.1 Å². The zero-order valence-corrected chi connectivity index (χ0v) is 13.3. The number of thiazole rings is 1. The molecule has 1 aromatic heterocycles. The quantitative estimate of drug-likeness (QED) is 0.744. The predicted molar refractivity (Wildman–Crippen MR) is 84.2 cm³/mol. The summed E-state index contributed by atoms with van der Waals surface area (Å²) in [5.41, 5.74) is 6.93. The average molecular weight is 298 g/mol. The lowest BCUT2D eigenvalue weighted by Gasteiger charge is -2.41. The van der Waals surface area contributed by atoms with E-state index in [1.54, 1.807) is 0 Å². The predicted octanol–water partition coefficient (Wildman–Crippen LogP) is 1.36. The van der Waals surface area contributed by atoms with Gasteiger partial charge in [0, 0.05) is 30.6 Å². The number of hydrogen-bond acceptors (Lipinski definition) is 6. The van der Waals surface area contributed by atoms with Gasteiger partial charge in [-0.2, -0.15) is 0 Å². The van der Waals surface area contributed by atoms with Crippen molar-refractivity contribution < 1.29 is 4.74 Å². The van der Waals surface area contributed by atoms with Gasteiger partial charge in [0.1, 0.15) is 0 Å². The number of rotatable bonds is 7. The largest absolute Gasteiger partial charge is 0.379 e. The number of aryl methyl sites for hydroxylation is 1. The molecule has 0 bridgehead atoms. The second-order valence-corrected chi connectivity index (χ2v) is 6.76. The number of anilines is 1. The minimum atomic E-state index is 0.189. The number of aromatic nitrogens is 1. The van der Waals surface area contributed by atoms with E-state index in [-0.39, 0.29) is 5.54 Å². The molecule has 1 fully saturated rings. The van der Waals surface area contributed by atoms with Crippen LogP contribution in [0.2, 0.25) is 0 Å². The molecule has 1 aliphatic rings. The fourth-order valence-electron chi connectivity index (χ4n) is 2.51. The molecule has 0 radical (unpaired) electrons. The van der Waals surface area contributed by atoms with Gasteiger partial charge in [-0.3, -0.25) is 4.90 Å². The topological polar surface area (TPSA) is 63.4 Å². The van der Waals surface area contributed by atoms with E-state index in [4.69, 9.17) is 10.5 Å². The van der Waals surface area contributed by atoms with Crippen LogP contribution in [0.5, 0.6) is 0 Å². The first-order valence-electron chi connectivity index (χ1n) is 7.31. The smallest absolute Gasteiger partial charge is 0.180 e. The van der Waals surface area contributed by atoms with Gasteiger partial charge in [0.2, 0.25) is 0 Å². The van der Waals surface area contributed by atoms with Gasteiger partial charge >= 0.3 is 0 Å². The van der Waals surface area contributed by atoms with Crippen molar-refractivity contribution in [1.29, 1.82) is 0 Å². The van der Waals surface area contributed by atoms with Crippen molar-refractivity contribution in [3.63, 3.8) is 0 Å². The Kier molecular flexibility index (Phi) is 5.77. The molecule has 2 rings (SSSR count). The molecule has 0 aliphatic carbocycles. The van der Waals surface area contributed by atoms with E-state index in [0.717, 1.165) is 57.9 Å². The summed E-state index contributed by atoms with van der Waals surface area (Å²) in [5.74, 6) is 0. The first-order chi connectivity index (χ1) is 9.58. The summed E-state index contributed by atoms with van der Waals surface area (Å²) in [7, 11) is 0. The number of morpholine rings is 1. The fourth-order valence-corrected chi connectivity index (χ4v) is 3.10. The molecular formula is C14H26N4OS. The van der Waals surface area contributed by atoms with Gasteiger partial charge < -0.3 is 15.8 Å². The zero-order chi connectivity index (χ0) is 14.4. The van der Waals surface area contributed by atoms with E-state index in [2.05, 4.69) is 29.0 Å². The summed E-state index contributed by atoms with van der Waals surface area (Å²) in [5, 5.41) is 6.28. The lowest BCUT2D eigenvalue weighted by Crippen LogP contribution is -2.54. The van der Waals surface area contributed by atoms with Crippen molar-refractivity contribution in [2.75, 3.05) is 45.1 Å². The van der Waals surface area contributed by atoms with Crippen molar-refractivity contribution in [3.8, 4) is 0 Å². The Morgan fingerprint density at radius 2 is 2.20 bits per heavy atom. The molecule has 1 saturated heterocycles. The Labute approximate surface area is 125 Å². The van der Waals surface area contributed by atoms with Gasteiger partial charge in [0.25, 0.3) is 0 Å². The van der Waals surface area contributed by atoms with Crippen molar-refractivity contribution in [3.05, 3.63) is 11.1 Å². The number of hydrogen-bond donors (Lipinski definition) is 2. The molecule has 3 N–H and O–H groups in total. The van der Waals surface area contributed by atoms with Crippen LogP contribution in [0.4, 0.5) is 5.13 Å². The molecule has 6 heteroatoms. The van der Waals surface area contributed by atoms with Crippen LogP contribution in [-0.4, -0.2) is 54.8 Å². The SMILES string of the molecule is CC(C)(CNCCCc1csc(N)n1)N1CCOCC1. The number of ether oxygens (including phenoxy) is 1. The highest BCUT2D eigenvalue weighted by Gasteiger charge is 2.27. The molecule has 114 valence electrons. The van der Waals surface area contributed by atoms with Crippen molar-refractivity contribution in [2.24, 2.45) is 0 Å². The first kappa shape index (κ1) is 15.7. The van der Waals surface area contributed by atoms with Crippen molar-refractivity contribution in [1.82, 2.24) is 15.2 Å². The molecule has 0 unspecified atom stereocenters. The molecule has 0 spiro atoms. The highest BCUT2D eigenvalue weighted by atomic mass is 32.1. The summed E-state index contributed by atoms with van der Waals surface area (Å²) in [4.78, 5) is 6.78. The molecule has 2 heterocycles. The van der Waals surface area contributed by atoms with E-state index in [0.29, 0.717) is 5.13 Å². The van der Waals surface area contributed by atoms with Crippen LogP contribution in [0.15, 0.2) is 5.38 Å². The molecule has 1 aromatic rings. The Hall–Kier alpha value is -0.690. The van der Waals surface area contributed by atoms with Gasteiger partial charge in [0.15, 0.2) is 5.13 Å². The minimum absolute atomic E-state index is 0.189. The highest BCUT2D eigenvalue weighted by Crippen LogP contribution is 2.15. The van der Waals surface area contributed by atoms with Gasteiger partial charge in [-0.1, -0.05) is 0 Å². The van der Waals surface area contributed by atoms with Gasteiger partial charge in [-0.15, -0.1) is 11.3 Å². The molecule has 5 nitrogen and oxygen atoms in total. The average Bonchev–Trinajstić information content (AvgIpc) is 2.85. The second kappa shape index (κ2) is 7.36. The van der Waals surface area contributed by atoms with E-state index < -0.39 is 0 Å². The molecule has 1 aliphatic heterocycles. The molecule has 0 aromatic carbocycles. The van der Waals surface area contributed by atoms with Gasteiger partial charge in [-0.05, 0) is 33.2 Å². The van der Waals surface area contributed by atoms with Crippen LogP contribution in [0.3, 0.4) is 0 Å². The van der Waals surface area contributed by atoms with Crippen LogP contribution in [0.1, 0.15) is 26.0 Å². The van der Waals surface area contributed by atoms with Crippen LogP contribution in [0.25, 0.3) is 0 Å². The standard InChI is InChI=1S/C14H26N4OS/c1-14(2,18-6-8-19-9-7-18)11-16-5-3-4-12-10-20-13(15)17-12/h10,16H,3-9,11H2,1-2H3,(H2,15,17). The molecular weight excluding hydrogens is 272 g/mol. The van der Waals surface area contributed by atoms with Gasteiger partial charge in [-0.25, -0.2) is 4.98 Å². The number of nitrogens with zero attached hydrogens (tertiary/aromatic N) is 2. The first-order valence-corrected chi connectivity index (χ1v) is 8.19. The number of nitrogen functional groups attached to an aromatic ring is 1. The van der Waals surface area contributed by atoms with Crippen molar-refractivity contribution in [2.45, 2.75) is 32.2 Å². The lowest BCUT2D eigenvalue weighted by molar-refractivity contribution is -0.00952. The maximum atomic E-state index is 5.62. The van der Waals surface area contributed by atoms with Gasteiger partial charge in [0.05, 0.1) is 18.9 Å². The summed E-state index contributed by atoms with van der Waals surface area (Å²) in [6.07, 6.45) is 2.10. The Morgan fingerprint density at radius 3 is 2.85 bits per heavy atom. The Balaban J connectivity index is 1.62. The summed E-state index contributed by atoms with van der Waals surface area (Å²) < 4.78 is 5.41. The maximum absolute atomic E-state index is 5.62. The normalized spacial score (nSPS) is 17.5. The monoisotopic (exact) mass is 298 g/mol. The Bertz CT molecular complexity index is 402. The van der Waals surface area contributed by atoms with Crippen LogP contribution >= 0.6 is 11.3 Å². The lowest BCUT2D eigenvalue weighted by atomic mass is 10.0. The zero-order valence-electron chi connectivity index (χ0n) is 12.5. The molecule has 0 amide bonds. The van der Waals surface area contributed by atoms with Crippen molar-refractivity contribution >= 4 is 16.5 Å². The maximum Gasteiger partial charge on any atom is 0.180 e. The van der Waals surface area contributed by atoms with E-state index >= 15 is 0 Å². The third kappa shape index (κ3) is 4.70. The fraction of sp³-hybridized carbons (Fsp3) is 0.786. The van der Waals surface area contributed by atoms with E-state index in [1.807, 2.05) is 5.38 Å². The third-order valence-corrected chi connectivity index (χ3v) is 4.50. The highest BCUT2D eigenvalue weighted by molar-refractivity contribution is 7.13. The minimum Gasteiger partial charge on any atom is -0.379 e. The molecule has 20 heavy (non-hydrogen) atoms. The number of nitrogens with one attached hydrogen (secondary N) is 1. The summed E-state index contributed by atoms with van der Waals surface area (Å²) >= 11 is 1.52. The Morgan fingerprint density at radius 1 is 1.45 bits per heavy atom.